The average molecular weight is 364 g/mol. The van der Waals surface area contributed by atoms with Crippen molar-refractivity contribution in [3.63, 3.8) is 0 Å². The SMILES string of the molecule is CNC(=S)C(CN1CCOCC1)(c1ccccn1)N1CCN(C)CC1. The molecule has 7 heteroatoms. The molecule has 0 saturated carbocycles. The Balaban J connectivity index is 1.98. The highest BCUT2D eigenvalue weighted by Crippen LogP contribution is 2.31. The molecule has 0 aromatic carbocycles. The lowest BCUT2D eigenvalue weighted by atomic mass is 9.89. The highest BCUT2D eigenvalue weighted by atomic mass is 32.1. The number of morpholine rings is 1. The molecule has 2 fully saturated rings. The zero-order valence-electron chi connectivity index (χ0n) is 15.3. The van der Waals surface area contributed by atoms with E-state index in [0.717, 1.165) is 69.7 Å². The van der Waals surface area contributed by atoms with E-state index in [4.69, 9.17) is 21.9 Å². The Morgan fingerprint density at radius 1 is 1.20 bits per heavy atom. The zero-order chi connectivity index (χ0) is 17.7. The van der Waals surface area contributed by atoms with E-state index in [2.05, 4.69) is 39.2 Å². The minimum Gasteiger partial charge on any atom is -0.381 e. The fourth-order valence-electron chi connectivity index (χ4n) is 3.76. The Morgan fingerprint density at radius 3 is 2.52 bits per heavy atom. The van der Waals surface area contributed by atoms with Gasteiger partial charge >= 0.3 is 0 Å². The van der Waals surface area contributed by atoms with Crippen LogP contribution in [0.1, 0.15) is 5.69 Å². The maximum Gasteiger partial charge on any atom is 0.127 e. The van der Waals surface area contributed by atoms with E-state index in [1.165, 1.54) is 0 Å². The van der Waals surface area contributed by atoms with Crippen LogP contribution in [0.4, 0.5) is 0 Å². The van der Waals surface area contributed by atoms with E-state index in [9.17, 15) is 0 Å². The number of hydrogen-bond donors (Lipinski definition) is 1. The van der Waals surface area contributed by atoms with Gasteiger partial charge in [-0.15, -0.1) is 0 Å². The summed E-state index contributed by atoms with van der Waals surface area (Å²) < 4.78 is 5.54. The first-order valence-corrected chi connectivity index (χ1v) is 9.45. The molecule has 1 unspecified atom stereocenters. The van der Waals surface area contributed by atoms with Gasteiger partial charge in [0.2, 0.25) is 0 Å². The van der Waals surface area contributed by atoms with Gasteiger partial charge in [-0.05, 0) is 19.2 Å². The Hall–Kier alpha value is -1.12. The van der Waals surface area contributed by atoms with Crippen LogP contribution in [0.15, 0.2) is 24.4 Å². The van der Waals surface area contributed by atoms with Crippen molar-refractivity contribution in [3.8, 4) is 0 Å². The Kier molecular flexibility index (Phi) is 6.35. The van der Waals surface area contributed by atoms with Gasteiger partial charge in [0, 0.05) is 59.1 Å². The second-order valence-electron chi connectivity index (χ2n) is 6.83. The first-order valence-electron chi connectivity index (χ1n) is 9.04. The Labute approximate surface area is 156 Å². The zero-order valence-corrected chi connectivity index (χ0v) is 16.1. The number of piperazine rings is 1. The molecular weight excluding hydrogens is 334 g/mol. The first kappa shape index (κ1) is 18.7. The van der Waals surface area contributed by atoms with Crippen molar-refractivity contribution in [1.29, 1.82) is 0 Å². The van der Waals surface area contributed by atoms with Gasteiger partial charge in [0.15, 0.2) is 0 Å². The molecule has 1 atom stereocenters. The molecule has 2 saturated heterocycles. The third-order valence-corrected chi connectivity index (χ3v) is 5.83. The van der Waals surface area contributed by atoms with Gasteiger partial charge in [-0.2, -0.15) is 0 Å². The summed E-state index contributed by atoms with van der Waals surface area (Å²) in [5, 5.41) is 3.28. The van der Waals surface area contributed by atoms with E-state index in [0.29, 0.717) is 0 Å². The van der Waals surface area contributed by atoms with Crippen LogP contribution in [0.2, 0.25) is 0 Å². The number of aromatic nitrogens is 1. The van der Waals surface area contributed by atoms with Gasteiger partial charge in [-0.1, -0.05) is 18.3 Å². The van der Waals surface area contributed by atoms with Crippen molar-refractivity contribution >= 4 is 17.2 Å². The standard InChI is InChI=1S/C18H29N5OS/c1-19-17(25)18(16-5-3-4-6-20-16,15-22-11-13-24-14-12-22)23-9-7-21(2)8-10-23/h3-6H,7-15H2,1-2H3,(H,19,25). The van der Waals surface area contributed by atoms with Crippen molar-refractivity contribution in [1.82, 2.24) is 25.0 Å². The van der Waals surface area contributed by atoms with Gasteiger partial charge < -0.3 is 15.0 Å². The van der Waals surface area contributed by atoms with Gasteiger partial charge in [0.05, 0.1) is 18.9 Å². The number of rotatable bonds is 5. The van der Waals surface area contributed by atoms with E-state index in [-0.39, 0.29) is 0 Å². The molecule has 0 spiro atoms. The second kappa shape index (κ2) is 8.51. The number of thiocarbonyl (C=S) groups is 1. The summed E-state index contributed by atoms with van der Waals surface area (Å²) in [6, 6.07) is 6.14. The maximum absolute atomic E-state index is 5.89. The third-order valence-electron chi connectivity index (χ3n) is 5.29. The molecule has 138 valence electrons. The molecule has 0 radical (unpaired) electrons. The number of nitrogens with zero attached hydrogens (tertiary/aromatic N) is 4. The summed E-state index contributed by atoms with van der Waals surface area (Å²) >= 11 is 5.89. The van der Waals surface area contributed by atoms with Crippen LogP contribution >= 0.6 is 12.2 Å². The minimum absolute atomic E-state index is 0.399. The largest absolute Gasteiger partial charge is 0.381 e. The minimum atomic E-state index is -0.399. The topological polar surface area (TPSA) is 43.9 Å². The molecule has 2 aliphatic heterocycles. The normalized spacial score (nSPS) is 23.1. The van der Waals surface area contributed by atoms with Crippen molar-refractivity contribution in [3.05, 3.63) is 30.1 Å². The summed E-state index contributed by atoms with van der Waals surface area (Å²) in [6.07, 6.45) is 1.87. The molecule has 3 rings (SSSR count). The van der Waals surface area contributed by atoms with Gasteiger partial charge in [-0.3, -0.25) is 14.8 Å². The highest BCUT2D eigenvalue weighted by molar-refractivity contribution is 7.80. The molecule has 2 aliphatic rings. The Morgan fingerprint density at radius 2 is 1.92 bits per heavy atom. The average Bonchev–Trinajstić information content (AvgIpc) is 2.68. The van der Waals surface area contributed by atoms with Crippen LogP contribution in [0, 0.1) is 0 Å². The lowest BCUT2D eigenvalue weighted by molar-refractivity contribution is -0.0000463. The molecular formula is C18H29N5OS. The molecule has 3 heterocycles. The van der Waals surface area contributed by atoms with Crippen molar-refractivity contribution in [2.75, 3.05) is 73.1 Å². The molecule has 0 amide bonds. The quantitative estimate of drug-likeness (QED) is 0.760. The van der Waals surface area contributed by atoms with E-state index >= 15 is 0 Å². The van der Waals surface area contributed by atoms with Crippen molar-refractivity contribution in [2.45, 2.75) is 5.54 Å². The fourth-order valence-corrected chi connectivity index (χ4v) is 4.06. The fraction of sp³-hybridized carbons (Fsp3) is 0.667. The molecule has 1 aromatic rings. The highest BCUT2D eigenvalue weighted by Gasteiger charge is 2.45. The summed E-state index contributed by atoms with van der Waals surface area (Å²) in [7, 11) is 4.10. The number of pyridine rings is 1. The summed E-state index contributed by atoms with van der Waals surface area (Å²) in [6.45, 7) is 8.35. The lowest BCUT2D eigenvalue weighted by Crippen LogP contribution is -2.65. The van der Waals surface area contributed by atoms with Crippen LogP contribution in [0.5, 0.6) is 0 Å². The Bertz CT molecular complexity index is 558. The predicted molar refractivity (Wildman–Crippen MR) is 104 cm³/mol. The predicted octanol–water partition coefficient (Wildman–Crippen LogP) is 0.403. The van der Waals surface area contributed by atoms with Crippen molar-refractivity contribution < 1.29 is 4.74 Å². The van der Waals surface area contributed by atoms with Crippen LogP contribution in [-0.2, 0) is 10.3 Å². The molecule has 1 aromatic heterocycles. The molecule has 6 nitrogen and oxygen atoms in total. The summed E-state index contributed by atoms with van der Waals surface area (Å²) in [5.41, 5.74) is 0.634. The van der Waals surface area contributed by atoms with E-state index in [1.807, 2.05) is 19.3 Å². The number of hydrogen-bond acceptors (Lipinski definition) is 6. The molecule has 0 bridgehead atoms. The van der Waals surface area contributed by atoms with Crippen LogP contribution in [0.3, 0.4) is 0 Å². The van der Waals surface area contributed by atoms with Crippen LogP contribution in [-0.4, -0.2) is 97.8 Å². The smallest absolute Gasteiger partial charge is 0.127 e. The van der Waals surface area contributed by atoms with Crippen molar-refractivity contribution in [2.24, 2.45) is 0 Å². The number of nitrogens with one attached hydrogen (secondary N) is 1. The molecule has 0 aliphatic carbocycles. The number of ether oxygens (including phenoxy) is 1. The summed E-state index contributed by atoms with van der Waals surface area (Å²) in [4.78, 5) is 12.9. The van der Waals surface area contributed by atoms with Gasteiger partial charge in [0.25, 0.3) is 0 Å². The number of likely N-dealkylation sites (N-methyl/N-ethyl adjacent to an activating group) is 2. The van der Waals surface area contributed by atoms with E-state index in [1.54, 1.807) is 0 Å². The lowest BCUT2D eigenvalue weighted by Gasteiger charge is -2.49. The second-order valence-corrected chi connectivity index (χ2v) is 7.24. The van der Waals surface area contributed by atoms with Gasteiger partial charge in [-0.25, -0.2) is 0 Å². The summed E-state index contributed by atoms with van der Waals surface area (Å²) in [5.74, 6) is 0. The van der Waals surface area contributed by atoms with Crippen LogP contribution in [0.25, 0.3) is 0 Å². The maximum atomic E-state index is 5.89. The molecule has 1 N–H and O–H groups in total. The monoisotopic (exact) mass is 363 g/mol. The molecule has 25 heavy (non-hydrogen) atoms. The first-order chi connectivity index (χ1) is 12.2. The van der Waals surface area contributed by atoms with E-state index < -0.39 is 5.54 Å². The van der Waals surface area contributed by atoms with Crippen LogP contribution < -0.4 is 5.32 Å². The third kappa shape index (κ3) is 4.01. The van der Waals surface area contributed by atoms with Gasteiger partial charge in [0.1, 0.15) is 10.5 Å².